The number of nitrogens with zero attached hydrogens (tertiary/aromatic N) is 1. The van der Waals surface area contributed by atoms with Gasteiger partial charge in [0.05, 0.1) is 6.04 Å². The van der Waals surface area contributed by atoms with E-state index in [0.29, 0.717) is 12.0 Å². The molecule has 2 atom stereocenters. The standard InChI is InChI=1S/C14H29N3O/c1-5-15-13-7-6-8-17(10-13)12(4)14(18)16-9-11(2)3/h11-13,15H,5-10H2,1-4H3,(H,16,18). The van der Waals surface area contributed by atoms with Crippen LogP contribution in [0.1, 0.15) is 40.5 Å². The summed E-state index contributed by atoms with van der Waals surface area (Å²) in [6, 6.07) is 0.536. The molecule has 0 aromatic carbocycles. The highest BCUT2D eigenvalue weighted by Gasteiger charge is 2.26. The Hall–Kier alpha value is -0.610. The third kappa shape index (κ3) is 4.94. The molecule has 0 saturated carbocycles. The average Bonchev–Trinajstić information content (AvgIpc) is 2.35. The van der Waals surface area contributed by atoms with E-state index < -0.39 is 0 Å². The van der Waals surface area contributed by atoms with E-state index in [1.165, 1.54) is 12.8 Å². The molecule has 0 aliphatic carbocycles. The first kappa shape index (κ1) is 15.4. The zero-order valence-electron chi connectivity index (χ0n) is 12.3. The minimum Gasteiger partial charge on any atom is -0.354 e. The molecular formula is C14H29N3O. The van der Waals surface area contributed by atoms with Crippen LogP contribution in [0.4, 0.5) is 0 Å². The van der Waals surface area contributed by atoms with Crippen LogP contribution < -0.4 is 10.6 Å². The van der Waals surface area contributed by atoms with Crippen molar-refractivity contribution in [2.75, 3.05) is 26.2 Å². The molecule has 1 amide bonds. The van der Waals surface area contributed by atoms with Gasteiger partial charge in [-0.15, -0.1) is 0 Å². The molecule has 0 aromatic rings. The molecule has 1 aliphatic heterocycles. The van der Waals surface area contributed by atoms with E-state index in [1.807, 2.05) is 6.92 Å². The second-order valence-electron chi connectivity index (χ2n) is 5.71. The van der Waals surface area contributed by atoms with Crippen molar-refractivity contribution >= 4 is 5.91 Å². The second-order valence-corrected chi connectivity index (χ2v) is 5.71. The van der Waals surface area contributed by atoms with Gasteiger partial charge in [-0.05, 0) is 38.8 Å². The molecule has 1 fully saturated rings. The van der Waals surface area contributed by atoms with Crippen molar-refractivity contribution in [2.45, 2.75) is 52.6 Å². The zero-order valence-corrected chi connectivity index (χ0v) is 12.3. The molecule has 18 heavy (non-hydrogen) atoms. The minimum absolute atomic E-state index is 0.00907. The third-order valence-electron chi connectivity index (χ3n) is 3.56. The van der Waals surface area contributed by atoms with Gasteiger partial charge in [-0.25, -0.2) is 0 Å². The fourth-order valence-corrected chi connectivity index (χ4v) is 2.43. The summed E-state index contributed by atoms with van der Waals surface area (Å²) in [5.74, 6) is 0.679. The molecule has 4 nitrogen and oxygen atoms in total. The van der Waals surface area contributed by atoms with Crippen LogP contribution in [0.5, 0.6) is 0 Å². The summed E-state index contributed by atoms with van der Waals surface area (Å²) in [6.07, 6.45) is 2.41. The first-order valence-corrected chi connectivity index (χ1v) is 7.29. The predicted molar refractivity (Wildman–Crippen MR) is 75.6 cm³/mol. The van der Waals surface area contributed by atoms with Crippen LogP contribution in [-0.2, 0) is 4.79 Å². The maximum atomic E-state index is 12.0. The van der Waals surface area contributed by atoms with Gasteiger partial charge in [0.2, 0.25) is 5.91 Å². The van der Waals surface area contributed by atoms with Gasteiger partial charge >= 0.3 is 0 Å². The first-order chi connectivity index (χ1) is 8.54. The van der Waals surface area contributed by atoms with Crippen molar-refractivity contribution in [3.63, 3.8) is 0 Å². The van der Waals surface area contributed by atoms with Crippen LogP contribution in [0.25, 0.3) is 0 Å². The Kier molecular flexibility index (Phi) is 6.65. The molecule has 4 heteroatoms. The van der Waals surface area contributed by atoms with Gasteiger partial charge < -0.3 is 10.6 Å². The van der Waals surface area contributed by atoms with Crippen molar-refractivity contribution in [2.24, 2.45) is 5.92 Å². The maximum Gasteiger partial charge on any atom is 0.237 e. The normalized spacial score (nSPS) is 23.1. The predicted octanol–water partition coefficient (Wildman–Crippen LogP) is 1.22. The number of likely N-dealkylation sites (tertiary alicyclic amines) is 1. The molecule has 1 saturated heterocycles. The molecule has 1 aliphatic rings. The van der Waals surface area contributed by atoms with Crippen molar-refractivity contribution in [3.05, 3.63) is 0 Å². The lowest BCUT2D eigenvalue weighted by Gasteiger charge is -2.36. The van der Waals surface area contributed by atoms with E-state index in [1.54, 1.807) is 0 Å². The fraction of sp³-hybridized carbons (Fsp3) is 0.929. The molecule has 0 aromatic heterocycles. The number of likely N-dealkylation sites (N-methyl/N-ethyl adjacent to an activating group) is 1. The van der Waals surface area contributed by atoms with Gasteiger partial charge in [-0.1, -0.05) is 20.8 Å². The van der Waals surface area contributed by atoms with Gasteiger partial charge in [0.25, 0.3) is 0 Å². The molecule has 0 radical (unpaired) electrons. The summed E-state index contributed by atoms with van der Waals surface area (Å²) in [5, 5.41) is 6.51. The number of piperidine rings is 1. The summed E-state index contributed by atoms with van der Waals surface area (Å²) in [5.41, 5.74) is 0. The Morgan fingerprint density at radius 2 is 2.11 bits per heavy atom. The van der Waals surface area contributed by atoms with Crippen LogP contribution in [0.2, 0.25) is 0 Å². The van der Waals surface area contributed by atoms with Gasteiger partial charge in [-0.2, -0.15) is 0 Å². The molecule has 2 N–H and O–H groups in total. The van der Waals surface area contributed by atoms with Crippen molar-refractivity contribution in [3.8, 4) is 0 Å². The average molecular weight is 255 g/mol. The molecular weight excluding hydrogens is 226 g/mol. The van der Waals surface area contributed by atoms with E-state index >= 15 is 0 Å². The van der Waals surface area contributed by atoms with Gasteiger partial charge in [0.1, 0.15) is 0 Å². The zero-order chi connectivity index (χ0) is 13.5. The lowest BCUT2D eigenvalue weighted by atomic mass is 10.0. The lowest BCUT2D eigenvalue weighted by molar-refractivity contribution is -0.126. The van der Waals surface area contributed by atoms with Crippen LogP contribution >= 0.6 is 0 Å². The summed E-state index contributed by atoms with van der Waals surface area (Å²) >= 11 is 0. The highest BCUT2D eigenvalue weighted by molar-refractivity contribution is 5.81. The van der Waals surface area contributed by atoms with Crippen molar-refractivity contribution in [1.82, 2.24) is 15.5 Å². The molecule has 0 bridgehead atoms. The lowest BCUT2D eigenvalue weighted by Crippen LogP contribution is -2.53. The van der Waals surface area contributed by atoms with E-state index in [4.69, 9.17) is 0 Å². The first-order valence-electron chi connectivity index (χ1n) is 7.29. The fourth-order valence-electron chi connectivity index (χ4n) is 2.43. The summed E-state index contributed by atoms with van der Waals surface area (Å²) in [7, 11) is 0. The number of hydrogen-bond donors (Lipinski definition) is 2. The Labute approximate surface area is 111 Å². The topological polar surface area (TPSA) is 44.4 Å². The number of nitrogens with one attached hydrogen (secondary N) is 2. The van der Waals surface area contributed by atoms with Gasteiger partial charge in [0, 0.05) is 19.1 Å². The summed E-state index contributed by atoms with van der Waals surface area (Å²) in [4.78, 5) is 14.3. The number of amides is 1. The highest BCUT2D eigenvalue weighted by Crippen LogP contribution is 2.13. The Morgan fingerprint density at radius 1 is 1.39 bits per heavy atom. The molecule has 2 unspecified atom stereocenters. The third-order valence-corrected chi connectivity index (χ3v) is 3.56. The van der Waals surface area contributed by atoms with Crippen LogP contribution in [0.3, 0.4) is 0 Å². The number of rotatable bonds is 6. The Balaban J connectivity index is 2.39. The van der Waals surface area contributed by atoms with E-state index in [-0.39, 0.29) is 11.9 Å². The number of carbonyl (C=O) groups excluding carboxylic acids is 1. The maximum absolute atomic E-state index is 12.0. The van der Waals surface area contributed by atoms with Crippen molar-refractivity contribution in [1.29, 1.82) is 0 Å². The Morgan fingerprint density at radius 3 is 2.72 bits per heavy atom. The van der Waals surface area contributed by atoms with Gasteiger partial charge in [0.15, 0.2) is 0 Å². The molecule has 0 spiro atoms. The molecule has 1 heterocycles. The number of carbonyl (C=O) groups is 1. The largest absolute Gasteiger partial charge is 0.354 e. The van der Waals surface area contributed by atoms with E-state index in [2.05, 4.69) is 36.3 Å². The number of hydrogen-bond acceptors (Lipinski definition) is 3. The van der Waals surface area contributed by atoms with Crippen LogP contribution in [-0.4, -0.2) is 49.1 Å². The van der Waals surface area contributed by atoms with Crippen LogP contribution in [0, 0.1) is 5.92 Å². The van der Waals surface area contributed by atoms with E-state index in [0.717, 1.165) is 26.2 Å². The smallest absolute Gasteiger partial charge is 0.237 e. The van der Waals surface area contributed by atoms with Gasteiger partial charge in [-0.3, -0.25) is 9.69 Å². The summed E-state index contributed by atoms with van der Waals surface area (Å²) in [6.45, 7) is 12.2. The minimum atomic E-state index is -0.00907. The SMILES string of the molecule is CCNC1CCCN(C(C)C(=O)NCC(C)C)C1. The summed E-state index contributed by atoms with van der Waals surface area (Å²) < 4.78 is 0. The Bertz CT molecular complexity index is 253. The van der Waals surface area contributed by atoms with Crippen molar-refractivity contribution < 1.29 is 4.79 Å². The van der Waals surface area contributed by atoms with Crippen LogP contribution in [0.15, 0.2) is 0 Å². The van der Waals surface area contributed by atoms with E-state index in [9.17, 15) is 4.79 Å². The molecule has 1 rings (SSSR count). The second kappa shape index (κ2) is 7.74. The molecule has 106 valence electrons. The monoisotopic (exact) mass is 255 g/mol. The highest BCUT2D eigenvalue weighted by atomic mass is 16.2. The quantitative estimate of drug-likeness (QED) is 0.750.